The molecule has 4 nitrogen and oxygen atoms in total. The molecule has 0 aliphatic rings. The fourth-order valence-electron chi connectivity index (χ4n) is 2.64. The van der Waals surface area contributed by atoms with Crippen LogP contribution in [0, 0.1) is 10.1 Å². The Morgan fingerprint density at radius 1 is 0.846 bits per heavy atom. The van der Waals surface area contributed by atoms with Crippen molar-refractivity contribution in [2.75, 3.05) is 0 Å². The Labute approximate surface area is 160 Å². The van der Waals surface area contributed by atoms with Crippen molar-refractivity contribution in [1.29, 1.82) is 0 Å². The van der Waals surface area contributed by atoms with Gasteiger partial charge in [0, 0.05) is 6.07 Å². The number of benzene rings is 3. The molecule has 0 saturated heterocycles. The normalized spacial score (nSPS) is 12.0. The number of hydrogen-bond donors (Lipinski definition) is 0. The summed E-state index contributed by atoms with van der Waals surface area (Å²) in [5.74, 6) is 0. The summed E-state index contributed by atoms with van der Waals surface area (Å²) in [4.78, 5) is 13.8. The van der Waals surface area contributed by atoms with Crippen molar-refractivity contribution >= 4 is 39.7 Å². The summed E-state index contributed by atoms with van der Waals surface area (Å²) in [6.45, 7) is 0. The van der Waals surface area contributed by atoms with Gasteiger partial charge in [-0.3, -0.25) is 10.1 Å². The average Bonchev–Trinajstić information content (AvgIpc) is 2.69. The smallest absolute Gasteiger partial charge is 0.258 e. The van der Waals surface area contributed by atoms with Gasteiger partial charge in [0.1, 0.15) is 15.7 Å². The highest BCUT2D eigenvalue weighted by atomic mass is 35.5. The van der Waals surface area contributed by atoms with Crippen LogP contribution in [0.3, 0.4) is 0 Å². The standard InChI is InChI=1S/C20H14Cl2N2O2/c21-19(23-17-13-7-8-14-18(17)24(25)26)20(22,15-9-3-1-4-10-15)16-11-5-2-6-12-16/h1-14H. The summed E-state index contributed by atoms with van der Waals surface area (Å²) < 4.78 is 0. The van der Waals surface area contributed by atoms with E-state index in [1.807, 2.05) is 60.7 Å². The summed E-state index contributed by atoms with van der Waals surface area (Å²) in [5, 5.41) is 11.3. The van der Waals surface area contributed by atoms with E-state index in [-0.39, 0.29) is 16.5 Å². The molecular weight excluding hydrogens is 371 g/mol. The molecule has 3 aromatic rings. The van der Waals surface area contributed by atoms with E-state index in [9.17, 15) is 10.1 Å². The van der Waals surface area contributed by atoms with E-state index in [1.54, 1.807) is 12.1 Å². The Hall–Kier alpha value is -2.69. The van der Waals surface area contributed by atoms with E-state index >= 15 is 0 Å². The molecule has 0 saturated carbocycles. The maximum Gasteiger partial charge on any atom is 0.294 e. The fraction of sp³-hybridized carbons (Fsp3) is 0.0500. The number of nitrogens with zero attached hydrogens (tertiary/aromatic N) is 2. The second-order valence-corrected chi connectivity index (χ2v) is 6.46. The minimum Gasteiger partial charge on any atom is -0.258 e. The molecule has 0 aliphatic heterocycles. The van der Waals surface area contributed by atoms with Crippen LogP contribution in [0.4, 0.5) is 11.4 Å². The van der Waals surface area contributed by atoms with Crippen LogP contribution in [0.5, 0.6) is 0 Å². The number of alkyl halides is 1. The topological polar surface area (TPSA) is 55.5 Å². The molecule has 0 N–H and O–H groups in total. The van der Waals surface area contributed by atoms with Crippen molar-refractivity contribution in [3.05, 3.63) is 106 Å². The zero-order chi connectivity index (χ0) is 18.6. The predicted octanol–water partition coefficient (Wildman–Crippen LogP) is 6.05. The van der Waals surface area contributed by atoms with Gasteiger partial charge in [-0.15, -0.1) is 11.6 Å². The van der Waals surface area contributed by atoms with Gasteiger partial charge in [0.15, 0.2) is 0 Å². The van der Waals surface area contributed by atoms with E-state index in [2.05, 4.69) is 4.99 Å². The number of rotatable bonds is 5. The molecule has 3 aromatic carbocycles. The van der Waals surface area contributed by atoms with Gasteiger partial charge >= 0.3 is 0 Å². The SMILES string of the molecule is O=[N+]([O-])c1ccccc1N=C(Cl)C(Cl)(c1ccccc1)c1ccccc1. The van der Waals surface area contributed by atoms with Crippen LogP contribution < -0.4 is 0 Å². The second kappa shape index (κ2) is 7.68. The summed E-state index contributed by atoms with van der Waals surface area (Å²) >= 11 is 13.6. The number of nitro benzene ring substituents is 1. The number of para-hydroxylation sites is 2. The van der Waals surface area contributed by atoms with Crippen LogP contribution in [0.1, 0.15) is 11.1 Å². The summed E-state index contributed by atoms with van der Waals surface area (Å²) in [6.07, 6.45) is 0. The molecule has 0 unspecified atom stereocenters. The minimum atomic E-state index is -1.26. The van der Waals surface area contributed by atoms with Gasteiger partial charge in [0.05, 0.1) is 4.92 Å². The molecule has 0 amide bonds. The van der Waals surface area contributed by atoms with Crippen molar-refractivity contribution in [2.24, 2.45) is 4.99 Å². The van der Waals surface area contributed by atoms with E-state index in [1.165, 1.54) is 12.1 Å². The molecule has 0 aromatic heterocycles. The van der Waals surface area contributed by atoms with Crippen LogP contribution in [0.15, 0.2) is 89.9 Å². The number of nitro groups is 1. The summed E-state index contributed by atoms with van der Waals surface area (Å²) in [5.41, 5.74) is 1.46. The molecule has 0 bridgehead atoms. The summed E-state index contributed by atoms with van der Waals surface area (Å²) in [7, 11) is 0. The van der Waals surface area contributed by atoms with Gasteiger partial charge in [-0.25, -0.2) is 4.99 Å². The number of aliphatic imine (C=N–C) groups is 1. The lowest BCUT2D eigenvalue weighted by molar-refractivity contribution is -0.384. The largest absolute Gasteiger partial charge is 0.294 e. The van der Waals surface area contributed by atoms with Gasteiger partial charge in [0.25, 0.3) is 5.69 Å². The van der Waals surface area contributed by atoms with E-state index in [0.717, 1.165) is 11.1 Å². The predicted molar refractivity (Wildman–Crippen MR) is 106 cm³/mol. The first-order valence-electron chi connectivity index (χ1n) is 7.81. The highest BCUT2D eigenvalue weighted by Crippen LogP contribution is 2.41. The second-order valence-electron chi connectivity index (χ2n) is 5.54. The third-order valence-corrected chi connectivity index (χ3v) is 5.00. The molecule has 6 heteroatoms. The molecule has 130 valence electrons. The third-order valence-electron chi connectivity index (χ3n) is 3.92. The minimum absolute atomic E-state index is 0.0332. The lowest BCUT2D eigenvalue weighted by Crippen LogP contribution is -2.27. The average molecular weight is 385 g/mol. The van der Waals surface area contributed by atoms with E-state index < -0.39 is 9.80 Å². The first kappa shape index (κ1) is 18.1. The number of hydrogen-bond acceptors (Lipinski definition) is 3. The highest BCUT2D eigenvalue weighted by molar-refractivity contribution is 6.73. The lowest BCUT2D eigenvalue weighted by Gasteiger charge is -2.27. The Morgan fingerprint density at radius 2 is 1.31 bits per heavy atom. The molecule has 26 heavy (non-hydrogen) atoms. The van der Waals surface area contributed by atoms with E-state index in [0.29, 0.717) is 0 Å². The summed E-state index contributed by atoms with van der Waals surface area (Å²) in [6, 6.07) is 24.7. The number of halogens is 2. The first-order chi connectivity index (χ1) is 12.5. The zero-order valence-corrected chi connectivity index (χ0v) is 15.1. The van der Waals surface area contributed by atoms with Crippen molar-refractivity contribution in [1.82, 2.24) is 0 Å². The van der Waals surface area contributed by atoms with Gasteiger partial charge in [-0.1, -0.05) is 84.4 Å². The molecule has 0 heterocycles. The Kier molecular flexibility index (Phi) is 5.35. The zero-order valence-electron chi connectivity index (χ0n) is 13.5. The maximum absolute atomic E-state index is 11.3. The van der Waals surface area contributed by atoms with Crippen LogP contribution in [-0.4, -0.2) is 10.1 Å². The lowest BCUT2D eigenvalue weighted by atomic mass is 9.91. The monoisotopic (exact) mass is 384 g/mol. The Bertz CT molecular complexity index is 905. The quantitative estimate of drug-likeness (QED) is 0.232. The van der Waals surface area contributed by atoms with Crippen molar-refractivity contribution in [3.63, 3.8) is 0 Å². The maximum atomic E-state index is 11.3. The van der Waals surface area contributed by atoms with Crippen LogP contribution in [-0.2, 0) is 4.87 Å². The van der Waals surface area contributed by atoms with E-state index in [4.69, 9.17) is 23.2 Å². The molecule has 0 aliphatic carbocycles. The first-order valence-corrected chi connectivity index (χ1v) is 8.57. The highest BCUT2D eigenvalue weighted by Gasteiger charge is 2.37. The van der Waals surface area contributed by atoms with Gasteiger partial charge in [-0.05, 0) is 17.2 Å². The van der Waals surface area contributed by atoms with Crippen LogP contribution in [0.25, 0.3) is 0 Å². The molecule has 0 atom stereocenters. The van der Waals surface area contributed by atoms with Crippen LogP contribution in [0.2, 0.25) is 0 Å². The molecule has 0 radical (unpaired) electrons. The van der Waals surface area contributed by atoms with Crippen molar-refractivity contribution < 1.29 is 4.92 Å². The van der Waals surface area contributed by atoms with Crippen molar-refractivity contribution in [2.45, 2.75) is 4.87 Å². The molecule has 0 spiro atoms. The van der Waals surface area contributed by atoms with Gasteiger partial charge < -0.3 is 0 Å². The van der Waals surface area contributed by atoms with Crippen molar-refractivity contribution in [3.8, 4) is 0 Å². The molecule has 3 rings (SSSR count). The van der Waals surface area contributed by atoms with Crippen LogP contribution >= 0.6 is 23.2 Å². The Morgan fingerprint density at radius 3 is 1.81 bits per heavy atom. The fourth-order valence-corrected chi connectivity index (χ4v) is 3.24. The Balaban J connectivity index is 2.19. The van der Waals surface area contributed by atoms with Gasteiger partial charge in [0.2, 0.25) is 0 Å². The molecule has 0 fully saturated rings. The third kappa shape index (κ3) is 3.47. The van der Waals surface area contributed by atoms with Gasteiger partial charge in [-0.2, -0.15) is 0 Å². The molecular formula is C20H14Cl2N2O2.